The zero-order chi connectivity index (χ0) is 26.4. The summed E-state index contributed by atoms with van der Waals surface area (Å²) >= 11 is 0. The van der Waals surface area contributed by atoms with Gasteiger partial charge in [-0.2, -0.15) is 9.40 Å². The van der Waals surface area contributed by atoms with Gasteiger partial charge in [-0.25, -0.2) is 12.8 Å². The van der Waals surface area contributed by atoms with Gasteiger partial charge < -0.3 is 5.32 Å². The first-order chi connectivity index (χ1) is 17.5. The summed E-state index contributed by atoms with van der Waals surface area (Å²) in [6.45, 7) is 9.80. The van der Waals surface area contributed by atoms with Crippen molar-refractivity contribution in [2.75, 3.05) is 19.6 Å². The SMILES string of the molecule is CCNC(c1ccc(F)cc1)[C@@]12Cc3cn[nH]c3C=C1CCN(S(=O)(=O)c1ccc(C(C)(C)C)cc1)C2. The molecular weight excluding hydrogens is 487 g/mol. The number of benzene rings is 2. The highest BCUT2D eigenvalue weighted by atomic mass is 32.2. The number of halogens is 1. The minimum absolute atomic E-state index is 0.0598. The lowest BCUT2D eigenvalue weighted by molar-refractivity contribution is 0.153. The van der Waals surface area contributed by atoms with Gasteiger partial charge in [0.15, 0.2) is 0 Å². The molecular formula is C29H35FN4O2S. The van der Waals surface area contributed by atoms with Crippen LogP contribution < -0.4 is 5.32 Å². The van der Waals surface area contributed by atoms with Gasteiger partial charge in [0.05, 0.1) is 16.8 Å². The van der Waals surface area contributed by atoms with Gasteiger partial charge in [0.2, 0.25) is 10.0 Å². The maximum Gasteiger partial charge on any atom is 0.243 e. The van der Waals surface area contributed by atoms with Crippen molar-refractivity contribution < 1.29 is 12.8 Å². The van der Waals surface area contributed by atoms with Crippen LogP contribution in [0.25, 0.3) is 6.08 Å². The second kappa shape index (κ2) is 9.49. The van der Waals surface area contributed by atoms with Gasteiger partial charge in [-0.1, -0.05) is 57.5 Å². The van der Waals surface area contributed by atoms with Gasteiger partial charge >= 0.3 is 0 Å². The number of piperidine rings is 1. The fourth-order valence-electron chi connectivity index (χ4n) is 5.83. The van der Waals surface area contributed by atoms with Crippen LogP contribution in [0.15, 0.2) is 65.2 Å². The third kappa shape index (κ3) is 4.67. The first-order valence-electron chi connectivity index (χ1n) is 12.9. The van der Waals surface area contributed by atoms with Crippen molar-refractivity contribution in [2.45, 2.75) is 56.9 Å². The molecule has 1 aliphatic carbocycles. The highest BCUT2D eigenvalue weighted by Crippen LogP contribution is 2.51. The van der Waals surface area contributed by atoms with Crippen LogP contribution in [0.2, 0.25) is 0 Å². The van der Waals surface area contributed by atoms with E-state index in [-0.39, 0.29) is 17.3 Å². The van der Waals surface area contributed by atoms with Crippen LogP contribution in [0.5, 0.6) is 0 Å². The van der Waals surface area contributed by atoms with Crippen LogP contribution in [0.3, 0.4) is 0 Å². The highest BCUT2D eigenvalue weighted by Gasteiger charge is 2.50. The second-order valence-electron chi connectivity index (χ2n) is 11.2. The van der Waals surface area contributed by atoms with Crippen molar-refractivity contribution in [1.82, 2.24) is 19.8 Å². The minimum atomic E-state index is -3.72. The van der Waals surface area contributed by atoms with Crippen LogP contribution in [-0.2, 0) is 21.9 Å². The van der Waals surface area contributed by atoms with E-state index in [0.29, 0.717) is 37.4 Å². The predicted octanol–water partition coefficient (Wildman–Crippen LogP) is 5.22. The van der Waals surface area contributed by atoms with Crippen molar-refractivity contribution in [1.29, 1.82) is 0 Å². The molecule has 1 unspecified atom stereocenters. The Balaban J connectivity index is 1.57. The number of aromatic amines is 1. The lowest BCUT2D eigenvalue weighted by Gasteiger charge is -2.50. The Morgan fingerprint density at radius 3 is 2.49 bits per heavy atom. The van der Waals surface area contributed by atoms with E-state index in [1.807, 2.05) is 25.3 Å². The van der Waals surface area contributed by atoms with Crippen molar-refractivity contribution in [2.24, 2.45) is 5.41 Å². The molecule has 8 heteroatoms. The number of nitrogens with one attached hydrogen (secondary N) is 2. The standard InChI is InChI=1S/C29H35FN4O2S/c1-5-31-27(20-6-10-24(30)11-7-20)29-17-21-18-32-33-26(21)16-23(29)14-15-34(19-29)37(35,36)25-12-8-22(9-13-25)28(2,3)4/h6-13,16,18,27,31H,5,14-15,17,19H2,1-4H3,(H,32,33)/t27?,29-/m1/s1. The van der Waals surface area contributed by atoms with E-state index in [9.17, 15) is 12.8 Å². The molecule has 1 aromatic heterocycles. The van der Waals surface area contributed by atoms with E-state index < -0.39 is 15.4 Å². The molecule has 0 saturated carbocycles. The zero-order valence-electron chi connectivity index (χ0n) is 21.9. The Labute approximate surface area is 219 Å². The molecule has 0 radical (unpaired) electrons. The number of aromatic nitrogens is 2. The number of hydrogen-bond donors (Lipinski definition) is 2. The quantitative estimate of drug-likeness (QED) is 0.466. The number of rotatable bonds is 6. The molecule has 6 nitrogen and oxygen atoms in total. The van der Waals surface area contributed by atoms with E-state index in [0.717, 1.165) is 22.4 Å². The Morgan fingerprint density at radius 1 is 1.14 bits per heavy atom. The van der Waals surface area contributed by atoms with E-state index in [4.69, 9.17) is 0 Å². The molecule has 2 N–H and O–H groups in total. The molecule has 3 aromatic rings. The highest BCUT2D eigenvalue weighted by molar-refractivity contribution is 7.89. The molecule has 2 atom stereocenters. The molecule has 2 aliphatic rings. The summed E-state index contributed by atoms with van der Waals surface area (Å²) < 4.78 is 43.4. The third-order valence-corrected chi connectivity index (χ3v) is 9.69. The first kappa shape index (κ1) is 25.8. The molecule has 0 bridgehead atoms. The van der Waals surface area contributed by atoms with Crippen LogP contribution in [0.4, 0.5) is 4.39 Å². The predicted molar refractivity (Wildman–Crippen MR) is 144 cm³/mol. The summed E-state index contributed by atoms with van der Waals surface area (Å²) in [4.78, 5) is 0.310. The molecule has 2 heterocycles. The average Bonchev–Trinajstić information content (AvgIpc) is 3.32. The lowest BCUT2D eigenvalue weighted by Crippen LogP contribution is -2.54. The number of H-pyrrole nitrogens is 1. The number of fused-ring (bicyclic) bond motifs is 2. The van der Waals surface area contributed by atoms with E-state index in [1.54, 1.807) is 28.6 Å². The summed E-state index contributed by atoms with van der Waals surface area (Å²) in [5.41, 5.74) is 4.66. The van der Waals surface area contributed by atoms with Crippen LogP contribution >= 0.6 is 0 Å². The molecule has 1 aliphatic heterocycles. The summed E-state index contributed by atoms with van der Waals surface area (Å²) in [7, 11) is -3.72. The fourth-order valence-corrected chi connectivity index (χ4v) is 7.34. The topological polar surface area (TPSA) is 78.1 Å². The molecule has 0 amide bonds. The number of sulfonamides is 1. The van der Waals surface area contributed by atoms with Crippen molar-refractivity contribution in [3.63, 3.8) is 0 Å². The third-order valence-electron chi connectivity index (χ3n) is 7.83. The summed E-state index contributed by atoms with van der Waals surface area (Å²) in [5, 5.41) is 11.0. The maximum atomic E-state index is 13.9. The normalized spacial score (nSPS) is 21.2. The van der Waals surface area contributed by atoms with Crippen molar-refractivity contribution in [3.05, 3.63) is 88.5 Å². The van der Waals surface area contributed by atoms with Gasteiger partial charge in [-0.3, -0.25) is 5.10 Å². The van der Waals surface area contributed by atoms with Gasteiger partial charge in [-0.15, -0.1) is 0 Å². The minimum Gasteiger partial charge on any atom is -0.309 e. The molecule has 1 fully saturated rings. The molecule has 2 aromatic carbocycles. The van der Waals surface area contributed by atoms with Gasteiger partial charge in [0.1, 0.15) is 5.82 Å². The fraction of sp³-hybridized carbons (Fsp3) is 0.414. The van der Waals surface area contributed by atoms with Gasteiger partial charge in [0, 0.05) is 24.5 Å². The molecule has 37 heavy (non-hydrogen) atoms. The number of hydrogen-bond acceptors (Lipinski definition) is 4. The van der Waals surface area contributed by atoms with Crippen molar-refractivity contribution in [3.8, 4) is 0 Å². The summed E-state index contributed by atoms with van der Waals surface area (Å²) in [6.07, 6.45) is 5.22. The Bertz CT molecular complexity index is 1410. The molecule has 5 rings (SSSR count). The second-order valence-corrected chi connectivity index (χ2v) is 13.2. The van der Waals surface area contributed by atoms with Crippen LogP contribution in [0, 0.1) is 11.2 Å². The average molecular weight is 523 g/mol. The summed E-state index contributed by atoms with van der Waals surface area (Å²) in [6, 6.07) is 13.6. The molecule has 196 valence electrons. The zero-order valence-corrected chi connectivity index (χ0v) is 22.7. The summed E-state index contributed by atoms with van der Waals surface area (Å²) in [5.74, 6) is -0.292. The first-order valence-corrected chi connectivity index (χ1v) is 14.3. The van der Waals surface area contributed by atoms with E-state index >= 15 is 0 Å². The molecule has 0 spiro atoms. The smallest absolute Gasteiger partial charge is 0.243 e. The molecule has 1 saturated heterocycles. The Hall–Kier alpha value is -2.81. The van der Waals surface area contributed by atoms with E-state index in [1.165, 1.54) is 17.7 Å². The largest absolute Gasteiger partial charge is 0.309 e. The monoisotopic (exact) mass is 522 g/mol. The Morgan fingerprint density at radius 2 is 1.84 bits per heavy atom. The lowest BCUT2D eigenvalue weighted by atomic mass is 9.63. The van der Waals surface area contributed by atoms with Gasteiger partial charge in [0.25, 0.3) is 0 Å². The van der Waals surface area contributed by atoms with Crippen LogP contribution in [-0.4, -0.2) is 42.6 Å². The maximum absolute atomic E-state index is 13.9. The van der Waals surface area contributed by atoms with E-state index in [2.05, 4.69) is 42.4 Å². The number of nitrogens with zero attached hydrogens (tertiary/aromatic N) is 2. The van der Waals surface area contributed by atoms with Gasteiger partial charge in [-0.05, 0) is 71.8 Å². The Kier molecular flexibility index (Phi) is 6.63. The van der Waals surface area contributed by atoms with Crippen LogP contribution in [0.1, 0.15) is 62.5 Å². The van der Waals surface area contributed by atoms with Crippen molar-refractivity contribution >= 4 is 16.1 Å².